The first kappa shape index (κ1) is 14.5. The zero-order chi connectivity index (χ0) is 13.2. The van der Waals surface area contributed by atoms with Crippen LogP contribution in [0.4, 0.5) is 0 Å². The van der Waals surface area contributed by atoms with Crippen LogP contribution in [-0.2, 0) is 11.4 Å². The molecular formula is C11H19N3OS2. The summed E-state index contributed by atoms with van der Waals surface area (Å²) in [7, 11) is 0. The Bertz CT molecular complexity index is 398. The van der Waals surface area contributed by atoms with E-state index in [4.69, 9.17) is 11.1 Å². The topological polar surface area (TPSA) is 85.0 Å². The van der Waals surface area contributed by atoms with Crippen molar-refractivity contribution in [3.05, 3.63) is 21.9 Å². The van der Waals surface area contributed by atoms with Crippen molar-refractivity contribution in [3.63, 3.8) is 0 Å². The lowest BCUT2D eigenvalue weighted by Crippen LogP contribution is -2.40. The van der Waals surface area contributed by atoms with E-state index in [1.165, 1.54) is 11.3 Å². The van der Waals surface area contributed by atoms with Crippen LogP contribution in [0.5, 0.6) is 0 Å². The van der Waals surface area contributed by atoms with Gasteiger partial charge in [0.1, 0.15) is 10.6 Å². The van der Waals surface area contributed by atoms with Crippen LogP contribution in [0.25, 0.3) is 0 Å². The highest BCUT2D eigenvalue weighted by Crippen LogP contribution is 2.25. The molecule has 0 aromatic carbocycles. The average molecular weight is 273 g/mol. The molecule has 0 aliphatic rings. The Hall–Kier alpha value is -0.560. The van der Waals surface area contributed by atoms with Crippen molar-refractivity contribution in [1.29, 1.82) is 5.41 Å². The third-order valence-corrected chi connectivity index (χ3v) is 5.14. The average Bonchev–Trinajstić information content (AvgIpc) is 2.64. The summed E-state index contributed by atoms with van der Waals surface area (Å²) >= 11 is 0.358. The molecule has 1 aromatic heterocycles. The Labute approximate surface area is 109 Å². The minimum Gasteiger partial charge on any atom is -0.598 e. The van der Waals surface area contributed by atoms with Gasteiger partial charge in [0.15, 0.2) is 0 Å². The number of amidine groups is 1. The second kappa shape index (κ2) is 5.39. The summed E-state index contributed by atoms with van der Waals surface area (Å²) in [5, 5.41) is 7.34. The molecule has 0 aliphatic heterocycles. The van der Waals surface area contributed by atoms with Gasteiger partial charge in [-0.25, -0.2) is 0 Å². The SMILES string of the molecule is C[C@@H](N[S@+]([O-])C(C)(C)C)c1ccc(C(=N)N)s1. The van der Waals surface area contributed by atoms with Crippen LogP contribution in [0.3, 0.4) is 0 Å². The quantitative estimate of drug-likeness (QED) is 0.446. The van der Waals surface area contributed by atoms with Gasteiger partial charge >= 0.3 is 0 Å². The molecule has 2 atom stereocenters. The smallest absolute Gasteiger partial charge is 0.136 e. The molecule has 6 heteroatoms. The monoisotopic (exact) mass is 273 g/mol. The molecule has 4 nitrogen and oxygen atoms in total. The molecule has 0 unspecified atom stereocenters. The second-order valence-electron chi connectivity index (χ2n) is 4.84. The molecule has 1 heterocycles. The maximum Gasteiger partial charge on any atom is 0.136 e. The van der Waals surface area contributed by atoms with E-state index in [9.17, 15) is 4.55 Å². The fourth-order valence-corrected chi connectivity index (χ4v) is 2.87. The first-order valence-electron chi connectivity index (χ1n) is 5.34. The van der Waals surface area contributed by atoms with E-state index < -0.39 is 11.4 Å². The third-order valence-electron chi connectivity index (χ3n) is 2.16. The van der Waals surface area contributed by atoms with Crippen molar-refractivity contribution >= 4 is 28.5 Å². The number of nitrogens with one attached hydrogen (secondary N) is 2. The van der Waals surface area contributed by atoms with Crippen LogP contribution in [0.2, 0.25) is 0 Å². The van der Waals surface area contributed by atoms with Gasteiger partial charge in [0.2, 0.25) is 0 Å². The molecule has 0 radical (unpaired) electrons. The van der Waals surface area contributed by atoms with Crippen molar-refractivity contribution in [1.82, 2.24) is 4.72 Å². The van der Waals surface area contributed by atoms with Gasteiger partial charge in [-0.1, -0.05) is 0 Å². The van der Waals surface area contributed by atoms with Gasteiger partial charge in [-0.15, -0.1) is 16.1 Å². The van der Waals surface area contributed by atoms with Crippen LogP contribution >= 0.6 is 11.3 Å². The summed E-state index contributed by atoms with van der Waals surface area (Å²) in [5.41, 5.74) is 5.41. The van der Waals surface area contributed by atoms with Gasteiger partial charge in [-0.05, 0) is 39.8 Å². The van der Waals surface area contributed by atoms with E-state index in [0.717, 1.165) is 9.75 Å². The van der Waals surface area contributed by atoms with Crippen molar-refractivity contribution < 1.29 is 4.55 Å². The summed E-state index contributed by atoms with van der Waals surface area (Å²) in [6, 6.07) is 3.73. The predicted molar refractivity (Wildman–Crippen MR) is 74.8 cm³/mol. The molecule has 0 spiro atoms. The fraction of sp³-hybridized carbons (Fsp3) is 0.545. The predicted octanol–water partition coefficient (Wildman–Crippen LogP) is 2.14. The molecule has 96 valence electrons. The van der Waals surface area contributed by atoms with E-state index in [0.29, 0.717) is 0 Å². The number of rotatable bonds is 4. The van der Waals surface area contributed by atoms with E-state index >= 15 is 0 Å². The first-order valence-corrected chi connectivity index (χ1v) is 7.30. The number of thiophene rings is 1. The Morgan fingerprint density at radius 1 is 1.53 bits per heavy atom. The van der Waals surface area contributed by atoms with E-state index in [-0.39, 0.29) is 16.6 Å². The summed E-state index contributed by atoms with van der Waals surface area (Å²) in [4.78, 5) is 1.78. The molecule has 1 aromatic rings. The van der Waals surface area contributed by atoms with Crippen LogP contribution in [-0.4, -0.2) is 15.1 Å². The zero-order valence-electron chi connectivity index (χ0n) is 10.5. The molecule has 0 fully saturated rings. The molecule has 4 N–H and O–H groups in total. The van der Waals surface area contributed by atoms with Crippen LogP contribution in [0, 0.1) is 5.41 Å². The second-order valence-corrected chi connectivity index (χ2v) is 7.95. The number of hydrogen-bond acceptors (Lipinski definition) is 4. The van der Waals surface area contributed by atoms with Crippen molar-refractivity contribution in [3.8, 4) is 0 Å². The van der Waals surface area contributed by atoms with Crippen molar-refractivity contribution in [2.24, 2.45) is 5.73 Å². The minimum atomic E-state index is -1.10. The number of nitrogens with two attached hydrogens (primary N) is 1. The molecule has 0 bridgehead atoms. The highest BCUT2D eigenvalue weighted by molar-refractivity contribution is 7.90. The molecule has 1 rings (SSSR count). The first-order chi connectivity index (χ1) is 7.71. The highest BCUT2D eigenvalue weighted by Gasteiger charge is 2.28. The van der Waals surface area contributed by atoms with Crippen molar-refractivity contribution in [2.45, 2.75) is 38.5 Å². The van der Waals surface area contributed by atoms with Crippen LogP contribution in [0.15, 0.2) is 12.1 Å². The standard InChI is InChI=1S/C11H19N3OS2/c1-7(14-17(15)11(2,3)4)8-5-6-9(16-8)10(12)13/h5-7,14H,1-4H3,(H3,12,13)/t7-,17-/m1/s1. The lowest BCUT2D eigenvalue weighted by molar-refractivity contribution is 0.532. The Kier molecular flexibility index (Phi) is 4.60. The van der Waals surface area contributed by atoms with Gasteiger partial charge in [0, 0.05) is 16.2 Å². The maximum atomic E-state index is 11.9. The third kappa shape index (κ3) is 3.99. The van der Waals surface area contributed by atoms with Crippen LogP contribution < -0.4 is 10.5 Å². The van der Waals surface area contributed by atoms with Gasteiger partial charge < -0.3 is 10.3 Å². The van der Waals surface area contributed by atoms with E-state index in [2.05, 4.69) is 4.72 Å². The highest BCUT2D eigenvalue weighted by atomic mass is 32.2. The molecule has 0 aliphatic carbocycles. The maximum absolute atomic E-state index is 11.9. The van der Waals surface area contributed by atoms with E-state index in [1.807, 2.05) is 39.8 Å². The summed E-state index contributed by atoms with van der Waals surface area (Å²) in [5.74, 6) is 0.0744. The molecule has 0 amide bonds. The van der Waals surface area contributed by atoms with Gasteiger partial charge in [-0.2, -0.15) is 0 Å². The number of nitrogen functional groups attached to an aromatic ring is 1. The Morgan fingerprint density at radius 3 is 2.53 bits per heavy atom. The molecule has 0 saturated carbocycles. The Morgan fingerprint density at radius 2 is 2.12 bits per heavy atom. The van der Waals surface area contributed by atoms with Crippen LogP contribution in [0.1, 0.15) is 43.5 Å². The minimum absolute atomic E-state index is 0.00633. The Balaban J connectivity index is 2.70. The van der Waals surface area contributed by atoms with Crippen molar-refractivity contribution in [2.75, 3.05) is 0 Å². The van der Waals surface area contributed by atoms with Gasteiger partial charge in [0.25, 0.3) is 0 Å². The summed E-state index contributed by atoms with van der Waals surface area (Å²) in [6.45, 7) is 7.74. The number of hydrogen-bond donors (Lipinski definition) is 3. The molecule has 0 saturated heterocycles. The largest absolute Gasteiger partial charge is 0.598 e. The lowest BCUT2D eigenvalue weighted by atomic mass is 10.3. The molecule has 17 heavy (non-hydrogen) atoms. The fourth-order valence-electron chi connectivity index (χ4n) is 1.13. The molecular weight excluding hydrogens is 254 g/mol. The summed E-state index contributed by atoms with van der Waals surface area (Å²) in [6.07, 6.45) is 0. The van der Waals surface area contributed by atoms with Gasteiger partial charge in [-0.3, -0.25) is 5.41 Å². The van der Waals surface area contributed by atoms with Gasteiger partial charge in [0.05, 0.1) is 10.9 Å². The lowest BCUT2D eigenvalue weighted by Gasteiger charge is -2.26. The summed E-state index contributed by atoms with van der Waals surface area (Å²) < 4.78 is 14.7. The zero-order valence-corrected chi connectivity index (χ0v) is 12.2. The normalized spacial score (nSPS) is 15.6. The van der Waals surface area contributed by atoms with E-state index in [1.54, 1.807) is 0 Å².